The van der Waals surface area contributed by atoms with E-state index < -0.39 is 5.60 Å². The number of ether oxygens (including phenoxy) is 2. The lowest BCUT2D eigenvalue weighted by molar-refractivity contribution is 0.0230. The lowest BCUT2D eigenvalue weighted by Gasteiger charge is -2.34. The van der Waals surface area contributed by atoms with Gasteiger partial charge in [0.05, 0.1) is 11.7 Å². The first kappa shape index (κ1) is 25.5. The van der Waals surface area contributed by atoms with Crippen LogP contribution in [-0.2, 0) is 17.4 Å². The molecule has 1 unspecified atom stereocenters. The van der Waals surface area contributed by atoms with Crippen molar-refractivity contribution in [2.45, 2.75) is 64.6 Å². The van der Waals surface area contributed by atoms with E-state index in [1.165, 1.54) is 19.3 Å². The largest absolute Gasteiger partial charge is 0.490 e. The van der Waals surface area contributed by atoms with E-state index in [9.17, 15) is 4.79 Å². The molecule has 1 aliphatic heterocycles. The van der Waals surface area contributed by atoms with Crippen molar-refractivity contribution in [3.8, 4) is 5.75 Å². The van der Waals surface area contributed by atoms with Crippen LogP contribution < -0.4 is 9.64 Å². The molecule has 1 aliphatic carbocycles. The standard InChI is InChI=1S/C33H37N3O3/c1-5-36(6-2)23-18-19-27(29(21-23)38-24-13-8-7-9-14-24)33(31-26(32(37)39-33)16-12-20-34-31)30-22(3)35(4)28-17-11-10-15-25(28)30/h10-12,15-21,24H,5-9,13-14H2,1-4H3. The summed E-state index contributed by atoms with van der Waals surface area (Å²) in [6, 6.07) is 18.3. The molecule has 2 aromatic heterocycles. The fraction of sp³-hybridized carbons (Fsp3) is 0.394. The number of fused-ring (bicyclic) bond motifs is 2. The van der Waals surface area contributed by atoms with E-state index in [0.717, 1.165) is 65.1 Å². The molecule has 1 fully saturated rings. The summed E-state index contributed by atoms with van der Waals surface area (Å²) in [5.74, 6) is 0.409. The van der Waals surface area contributed by atoms with Crippen LogP contribution in [-0.4, -0.2) is 34.7 Å². The smallest absolute Gasteiger partial charge is 0.341 e. The highest BCUT2D eigenvalue weighted by atomic mass is 16.6. The number of rotatable bonds is 7. The molecule has 4 aromatic rings. The number of carbonyl (C=O) groups excluding carboxylic acids is 1. The van der Waals surface area contributed by atoms with E-state index in [1.807, 2.05) is 18.2 Å². The van der Waals surface area contributed by atoms with Crippen LogP contribution >= 0.6 is 0 Å². The summed E-state index contributed by atoms with van der Waals surface area (Å²) in [6.45, 7) is 8.22. The van der Waals surface area contributed by atoms with E-state index in [-0.39, 0.29) is 12.1 Å². The third-order valence-corrected chi connectivity index (χ3v) is 8.68. The highest BCUT2D eigenvalue weighted by Crippen LogP contribution is 2.53. The SMILES string of the molecule is CCN(CC)c1ccc(C2(c3c(C)n(C)c4ccccc34)OC(=O)c3cccnc32)c(OC2CCCCC2)c1. The second-order valence-corrected chi connectivity index (χ2v) is 10.7. The second kappa shape index (κ2) is 10.1. The first-order valence-electron chi connectivity index (χ1n) is 14.3. The number of benzene rings is 2. The predicted molar refractivity (Wildman–Crippen MR) is 155 cm³/mol. The van der Waals surface area contributed by atoms with E-state index in [1.54, 1.807) is 12.3 Å². The monoisotopic (exact) mass is 523 g/mol. The molecule has 2 aromatic carbocycles. The zero-order chi connectivity index (χ0) is 27.1. The van der Waals surface area contributed by atoms with E-state index in [4.69, 9.17) is 14.5 Å². The van der Waals surface area contributed by atoms with Crippen molar-refractivity contribution in [2.24, 2.45) is 7.05 Å². The Morgan fingerprint density at radius 2 is 1.82 bits per heavy atom. The van der Waals surface area contributed by atoms with Gasteiger partial charge in [0.25, 0.3) is 0 Å². The van der Waals surface area contributed by atoms with E-state index >= 15 is 0 Å². The number of aromatic nitrogens is 2. The van der Waals surface area contributed by atoms with Crippen molar-refractivity contribution in [1.29, 1.82) is 0 Å². The molecule has 0 amide bonds. The number of esters is 1. The van der Waals surface area contributed by atoms with Gasteiger partial charge in [0.2, 0.25) is 5.60 Å². The number of aryl methyl sites for hydroxylation is 1. The summed E-state index contributed by atoms with van der Waals surface area (Å²) in [4.78, 5) is 20.7. The molecule has 39 heavy (non-hydrogen) atoms. The number of nitrogens with zero attached hydrogens (tertiary/aromatic N) is 3. The number of hydrogen-bond donors (Lipinski definition) is 0. The molecule has 1 saturated carbocycles. The summed E-state index contributed by atoms with van der Waals surface area (Å²) in [6.07, 6.45) is 7.54. The quantitative estimate of drug-likeness (QED) is 0.247. The normalized spacial score (nSPS) is 19.2. The molecule has 202 valence electrons. The molecule has 6 rings (SSSR count). The number of para-hydroxylation sites is 1. The average Bonchev–Trinajstić information content (AvgIpc) is 3.41. The third-order valence-electron chi connectivity index (χ3n) is 8.68. The van der Waals surface area contributed by atoms with Crippen LogP contribution in [0.5, 0.6) is 5.75 Å². The van der Waals surface area contributed by atoms with Crippen LogP contribution in [0.3, 0.4) is 0 Å². The van der Waals surface area contributed by atoms with Gasteiger partial charge in [-0.2, -0.15) is 0 Å². The number of anilines is 1. The highest BCUT2D eigenvalue weighted by Gasteiger charge is 2.54. The third kappa shape index (κ3) is 4.00. The van der Waals surface area contributed by atoms with Gasteiger partial charge >= 0.3 is 5.97 Å². The summed E-state index contributed by atoms with van der Waals surface area (Å²) in [7, 11) is 2.06. The molecule has 6 nitrogen and oxygen atoms in total. The predicted octanol–water partition coefficient (Wildman–Crippen LogP) is 6.90. The molecule has 0 radical (unpaired) electrons. The van der Waals surface area contributed by atoms with E-state index in [0.29, 0.717) is 11.3 Å². The first-order valence-corrected chi connectivity index (χ1v) is 14.3. The van der Waals surface area contributed by atoms with Crippen LogP contribution in [0, 0.1) is 6.92 Å². The Morgan fingerprint density at radius 3 is 2.59 bits per heavy atom. The fourth-order valence-electron chi connectivity index (χ4n) is 6.59. The Bertz CT molecular complexity index is 1530. The minimum Gasteiger partial charge on any atom is -0.490 e. The van der Waals surface area contributed by atoms with Crippen LogP contribution in [0.1, 0.15) is 78.8 Å². The van der Waals surface area contributed by atoms with Gasteiger partial charge in [-0.05, 0) is 76.8 Å². The molecule has 0 bridgehead atoms. The highest BCUT2D eigenvalue weighted by molar-refractivity contribution is 5.98. The van der Waals surface area contributed by atoms with Gasteiger partial charge in [0.15, 0.2) is 0 Å². The zero-order valence-electron chi connectivity index (χ0n) is 23.4. The first-order chi connectivity index (χ1) is 19.0. The second-order valence-electron chi connectivity index (χ2n) is 10.7. The molecule has 3 heterocycles. The molecule has 0 saturated heterocycles. The van der Waals surface area contributed by atoms with Gasteiger partial charge in [-0.15, -0.1) is 0 Å². The minimum atomic E-state index is -1.23. The van der Waals surface area contributed by atoms with Gasteiger partial charge in [0.1, 0.15) is 11.4 Å². The molecule has 0 N–H and O–H groups in total. The number of cyclic esters (lactones) is 1. The van der Waals surface area contributed by atoms with Crippen molar-refractivity contribution in [3.05, 3.63) is 88.9 Å². The van der Waals surface area contributed by atoms with Crippen LogP contribution in [0.25, 0.3) is 10.9 Å². The maximum Gasteiger partial charge on any atom is 0.341 e. The Hall–Kier alpha value is -3.80. The Morgan fingerprint density at radius 1 is 1.05 bits per heavy atom. The van der Waals surface area contributed by atoms with Crippen LogP contribution in [0.4, 0.5) is 5.69 Å². The Labute approximate surface area is 230 Å². The summed E-state index contributed by atoms with van der Waals surface area (Å²) < 4.78 is 15.6. The number of carbonyl (C=O) groups is 1. The van der Waals surface area contributed by atoms with Gasteiger partial charge in [-0.1, -0.05) is 24.6 Å². The Balaban J connectivity index is 1.66. The minimum absolute atomic E-state index is 0.135. The summed E-state index contributed by atoms with van der Waals surface area (Å²) >= 11 is 0. The van der Waals surface area contributed by atoms with Crippen molar-refractivity contribution in [3.63, 3.8) is 0 Å². The molecule has 6 heteroatoms. The summed E-state index contributed by atoms with van der Waals surface area (Å²) in [5, 5.41) is 1.04. The fourth-order valence-corrected chi connectivity index (χ4v) is 6.59. The van der Waals surface area contributed by atoms with Crippen molar-refractivity contribution < 1.29 is 14.3 Å². The number of pyridine rings is 1. The van der Waals surface area contributed by atoms with Crippen molar-refractivity contribution in [2.75, 3.05) is 18.0 Å². The molecular formula is C33H37N3O3. The van der Waals surface area contributed by atoms with Crippen LogP contribution in [0.15, 0.2) is 60.8 Å². The topological polar surface area (TPSA) is 56.6 Å². The zero-order valence-corrected chi connectivity index (χ0v) is 23.4. The van der Waals surface area contributed by atoms with Crippen molar-refractivity contribution in [1.82, 2.24) is 9.55 Å². The molecular weight excluding hydrogens is 486 g/mol. The van der Waals surface area contributed by atoms with Gasteiger partial charge < -0.3 is 18.9 Å². The molecule has 2 aliphatic rings. The van der Waals surface area contributed by atoms with Crippen LogP contribution in [0.2, 0.25) is 0 Å². The van der Waals surface area contributed by atoms with Gasteiger partial charge in [-0.3, -0.25) is 4.98 Å². The Kier molecular flexibility index (Phi) is 6.57. The van der Waals surface area contributed by atoms with E-state index in [2.05, 4.69) is 67.6 Å². The maximum atomic E-state index is 13.5. The lowest BCUT2D eigenvalue weighted by atomic mass is 9.80. The molecule has 1 atom stereocenters. The maximum absolute atomic E-state index is 13.5. The number of hydrogen-bond acceptors (Lipinski definition) is 5. The van der Waals surface area contributed by atoms with Gasteiger partial charge in [-0.25, -0.2) is 4.79 Å². The average molecular weight is 524 g/mol. The summed E-state index contributed by atoms with van der Waals surface area (Å²) in [5.41, 5.74) is 4.87. The van der Waals surface area contributed by atoms with Crippen molar-refractivity contribution >= 4 is 22.6 Å². The van der Waals surface area contributed by atoms with Gasteiger partial charge in [0, 0.05) is 65.8 Å². The lowest BCUT2D eigenvalue weighted by Crippen LogP contribution is -2.33. The molecule has 0 spiro atoms.